The standard InChI is InChI=1S/C25H47N2/c1-5-6-7-8-9-10-11-12-13-14-19-26-21-22-27(23-26)20-18-25(4)17-15-16-24(2)3/h16,21-23,25H,5-15,17-20H2,1-4H3/q+1/t25-/m1/s1. The number of imidazole rings is 1. The third-order valence-electron chi connectivity index (χ3n) is 5.61. The van der Waals surface area contributed by atoms with Crippen molar-refractivity contribution in [2.45, 2.75) is 124 Å². The molecule has 0 N–H and O–H groups in total. The van der Waals surface area contributed by atoms with Crippen molar-refractivity contribution >= 4 is 0 Å². The maximum Gasteiger partial charge on any atom is 0.243 e. The van der Waals surface area contributed by atoms with E-state index in [0.717, 1.165) is 12.5 Å². The monoisotopic (exact) mass is 375 g/mol. The molecule has 1 atom stereocenters. The molecule has 1 heterocycles. The van der Waals surface area contributed by atoms with Gasteiger partial charge in [-0.1, -0.05) is 76.9 Å². The largest absolute Gasteiger partial charge is 0.243 e. The van der Waals surface area contributed by atoms with Gasteiger partial charge in [0.2, 0.25) is 6.33 Å². The number of aromatic nitrogens is 2. The molecule has 1 aromatic rings. The lowest BCUT2D eigenvalue weighted by atomic mass is 10.0. The van der Waals surface area contributed by atoms with Crippen molar-refractivity contribution in [3.63, 3.8) is 0 Å². The summed E-state index contributed by atoms with van der Waals surface area (Å²) < 4.78 is 4.74. The molecule has 27 heavy (non-hydrogen) atoms. The summed E-state index contributed by atoms with van der Waals surface area (Å²) in [5.74, 6) is 0.804. The summed E-state index contributed by atoms with van der Waals surface area (Å²) >= 11 is 0. The zero-order valence-electron chi connectivity index (χ0n) is 18.9. The van der Waals surface area contributed by atoms with Crippen LogP contribution >= 0.6 is 0 Å². The lowest BCUT2D eigenvalue weighted by Gasteiger charge is -2.08. The minimum atomic E-state index is 0.804. The molecule has 0 aromatic carbocycles. The molecule has 156 valence electrons. The summed E-state index contributed by atoms with van der Waals surface area (Å²) in [7, 11) is 0. The summed E-state index contributed by atoms with van der Waals surface area (Å²) in [6.45, 7) is 11.4. The van der Waals surface area contributed by atoms with Gasteiger partial charge in [-0.25, -0.2) is 9.13 Å². The molecule has 0 fully saturated rings. The Morgan fingerprint density at radius 1 is 0.926 bits per heavy atom. The Morgan fingerprint density at radius 2 is 1.56 bits per heavy atom. The first-order chi connectivity index (χ1) is 13.1. The van der Waals surface area contributed by atoms with Gasteiger partial charge in [-0.3, -0.25) is 0 Å². The van der Waals surface area contributed by atoms with E-state index in [9.17, 15) is 0 Å². The van der Waals surface area contributed by atoms with E-state index in [1.54, 1.807) is 0 Å². The van der Waals surface area contributed by atoms with E-state index in [1.807, 2.05) is 0 Å². The SMILES string of the molecule is CCCCCCCCCCCC[n+]1ccn(CC[C@H](C)CCC=C(C)C)c1. The van der Waals surface area contributed by atoms with Crippen LogP contribution in [0.2, 0.25) is 0 Å². The smallest absolute Gasteiger partial charge is 0.237 e. The van der Waals surface area contributed by atoms with Gasteiger partial charge >= 0.3 is 0 Å². The molecule has 0 radical (unpaired) electrons. The van der Waals surface area contributed by atoms with Crippen molar-refractivity contribution < 1.29 is 4.57 Å². The van der Waals surface area contributed by atoms with E-state index in [1.165, 1.54) is 95.6 Å². The molecule has 2 nitrogen and oxygen atoms in total. The Hall–Kier alpha value is -1.05. The second-order valence-electron chi connectivity index (χ2n) is 8.82. The van der Waals surface area contributed by atoms with Crippen molar-refractivity contribution in [1.29, 1.82) is 0 Å². The van der Waals surface area contributed by atoms with E-state index in [-0.39, 0.29) is 0 Å². The van der Waals surface area contributed by atoms with Crippen molar-refractivity contribution in [2.24, 2.45) is 5.92 Å². The van der Waals surface area contributed by atoms with Crippen LogP contribution in [0.1, 0.15) is 111 Å². The van der Waals surface area contributed by atoms with Crippen LogP contribution in [0.3, 0.4) is 0 Å². The third-order valence-corrected chi connectivity index (χ3v) is 5.61. The zero-order valence-corrected chi connectivity index (χ0v) is 18.9. The number of hydrogen-bond donors (Lipinski definition) is 0. The van der Waals surface area contributed by atoms with Crippen LogP contribution in [0, 0.1) is 5.92 Å². The Morgan fingerprint density at radius 3 is 2.19 bits per heavy atom. The van der Waals surface area contributed by atoms with Gasteiger partial charge in [0.25, 0.3) is 0 Å². The van der Waals surface area contributed by atoms with Gasteiger partial charge in [-0.15, -0.1) is 0 Å². The number of unbranched alkanes of at least 4 members (excludes halogenated alkanes) is 9. The highest BCUT2D eigenvalue weighted by molar-refractivity contribution is 4.92. The van der Waals surface area contributed by atoms with E-state index in [4.69, 9.17) is 0 Å². The quantitative estimate of drug-likeness (QED) is 0.152. The van der Waals surface area contributed by atoms with Gasteiger partial charge in [0.15, 0.2) is 0 Å². The molecule has 0 aliphatic heterocycles. The normalized spacial score (nSPS) is 12.3. The predicted octanol–water partition coefficient (Wildman–Crippen LogP) is 7.47. The fraction of sp³-hybridized carbons (Fsp3) is 0.800. The third kappa shape index (κ3) is 13.7. The maximum atomic E-state index is 2.39. The summed E-state index contributed by atoms with van der Waals surface area (Å²) in [4.78, 5) is 0. The minimum absolute atomic E-state index is 0.804. The van der Waals surface area contributed by atoms with Crippen LogP contribution in [-0.4, -0.2) is 4.57 Å². The summed E-state index contributed by atoms with van der Waals surface area (Å²) in [6.07, 6.45) is 27.1. The average molecular weight is 376 g/mol. The molecular formula is C25H47N2+. The van der Waals surface area contributed by atoms with Crippen molar-refractivity contribution in [2.75, 3.05) is 0 Å². The highest BCUT2D eigenvalue weighted by atomic mass is 15.1. The summed E-state index contributed by atoms with van der Waals surface area (Å²) in [5, 5.41) is 0. The van der Waals surface area contributed by atoms with Crippen LogP contribution < -0.4 is 4.57 Å². The Kier molecular flexibility index (Phi) is 14.2. The fourth-order valence-corrected chi connectivity index (χ4v) is 3.66. The Balaban J connectivity index is 2.02. The molecule has 0 saturated carbocycles. The van der Waals surface area contributed by atoms with Gasteiger partial charge in [0, 0.05) is 0 Å². The Bertz CT molecular complexity index is 482. The maximum absolute atomic E-state index is 2.39. The molecule has 1 aromatic heterocycles. The molecule has 2 heteroatoms. The van der Waals surface area contributed by atoms with Gasteiger partial charge in [0.1, 0.15) is 12.4 Å². The molecule has 1 rings (SSSR count). The number of nitrogens with zero attached hydrogens (tertiary/aromatic N) is 2. The number of aryl methyl sites for hydroxylation is 2. The van der Waals surface area contributed by atoms with Crippen LogP contribution in [0.25, 0.3) is 0 Å². The van der Waals surface area contributed by atoms with E-state index in [2.05, 4.69) is 61.6 Å². The van der Waals surface area contributed by atoms with Crippen LogP contribution in [0.15, 0.2) is 30.4 Å². The molecule has 0 spiro atoms. The first-order valence-corrected chi connectivity index (χ1v) is 11.8. The predicted molar refractivity (Wildman–Crippen MR) is 119 cm³/mol. The van der Waals surface area contributed by atoms with Crippen LogP contribution in [-0.2, 0) is 13.1 Å². The molecule has 0 unspecified atom stereocenters. The van der Waals surface area contributed by atoms with Gasteiger partial charge in [0.05, 0.1) is 13.1 Å². The lowest BCUT2D eigenvalue weighted by Crippen LogP contribution is -2.30. The first-order valence-electron chi connectivity index (χ1n) is 11.8. The fourth-order valence-electron chi connectivity index (χ4n) is 3.66. The van der Waals surface area contributed by atoms with Crippen molar-refractivity contribution in [3.05, 3.63) is 30.4 Å². The van der Waals surface area contributed by atoms with Gasteiger partial charge in [-0.05, 0) is 51.9 Å². The second kappa shape index (κ2) is 16.0. The van der Waals surface area contributed by atoms with Gasteiger partial charge < -0.3 is 0 Å². The molecule has 0 aliphatic rings. The second-order valence-corrected chi connectivity index (χ2v) is 8.82. The first kappa shape index (κ1) is 24.0. The summed E-state index contributed by atoms with van der Waals surface area (Å²) in [6, 6.07) is 0. The minimum Gasteiger partial charge on any atom is -0.237 e. The van der Waals surface area contributed by atoms with E-state index >= 15 is 0 Å². The molecule has 0 aliphatic carbocycles. The van der Waals surface area contributed by atoms with E-state index in [0.29, 0.717) is 0 Å². The molecule has 0 amide bonds. The molecule has 0 bridgehead atoms. The lowest BCUT2D eigenvalue weighted by molar-refractivity contribution is -0.696. The van der Waals surface area contributed by atoms with Gasteiger partial charge in [-0.2, -0.15) is 0 Å². The molecule has 0 saturated heterocycles. The molecular weight excluding hydrogens is 328 g/mol. The van der Waals surface area contributed by atoms with Crippen LogP contribution in [0.5, 0.6) is 0 Å². The highest BCUT2D eigenvalue weighted by Crippen LogP contribution is 2.13. The average Bonchev–Trinajstić information content (AvgIpc) is 3.09. The number of hydrogen-bond acceptors (Lipinski definition) is 0. The number of allylic oxidation sites excluding steroid dienone is 2. The topological polar surface area (TPSA) is 8.81 Å². The van der Waals surface area contributed by atoms with E-state index < -0.39 is 0 Å². The zero-order chi connectivity index (χ0) is 19.7. The Labute approximate surface area is 170 Å². The summed E-state index contributed by atoms with van der Waals surface area (Å²) in [5.41, 5.74) is 1.45. The van der Waals surface area contributed by atoms with Crippen molar-refractivity contribution in [1.82, 2.24) is 4.57 Å². The van der Waals surface area contributed by atoms with Crippen molar-refractivity contribution in [3.8, 4) is 0 Å². The van der Waals surface area contributed by atoms with Crippen LogP contribution in [0.4, 0.5) is 0 Å². The highest BCUT2D eigenvalue weighted by Gasteiger charge is 2.07. The number of rotatable bonds is 17.